The predicted octanol–water partition coefficient (Wildman–Crippen LogP) is 2.59. The minimum absolute atomic E-state index is 0.0615. The second-order valence-corrected chi connectivity index (χ2v) is 10.6. The van der Waals surface area contributed by atoms with Crippen molar-refractivity contribution in [3.8, 4) is 11.4 Å². The third kappa shape index (κ3) is 3.06. The Balaban J connectivity index is 1.64. The van der Waals surface area contributed by atoms with Crippen LogP contribution in [0.3, 0.4) is 0 Å². The number of hydrogen-bond acceptors (Lipinski definition) is 8. The van der Waals surface area contributed by atoms with E-state index in [0.717, 1.165) is 9.47 Å². The van der Waals surface area contributed by atoms with Crippen LogP contribution in [0.25, 0.3) is 33.5 Å². The molecule has 1 aliphatic carbocycles. The standard InChI is InChI=1S/C20H20ClN7O3S/c1-11-10-31-7-6-27(11)19-15-9-23-28(32(29,30)12-2-3-12)20(15)26-18(25-19)14-8-16(21)24-17-13(14)4-5-22-17/h4-5,8-9,11-12H,2-3,6-7,10H2,1H3,(H,22,24)/t11-/m1/s1. The largest absolute Gasteiger partial charge is 0.377 e. The molecule has 4 aromatic rings. The van der Waals surface area contributed by atoms with Crippen molar-refractivity contribution < 1.29 is 13.2 Å². The molecule has 0 bridgehead atoms. The Kier molecular flexibility index (Phi) is 4.43. The van der Waals surface area contributed by atoms with Crippen LogP contribution in [-0.4, -0.2) is 68.6 Å². The molecule has 2 aliphatic rings. The summed E-state index contributed by atoms with van der Waals surface area (Å²) in [6, 6.07) is 3.63. The van der Waals surface area contributed by atoms with Gasteiger partial charge in [0.1, 0.15) is 16.6 Å². The summed E-state index contributed by atoms with van der Waals surface area (Å²) in [4.78, 5) is 19.0. The van der Waals surface area contributed by atoms with Crippen molar-refractivity contribution in [3.05, 3.63) is 29.7 Å². The monoisotopic (exact) mass is 473 g/mol. The van der Waals surface area contributed by atoms with E-state index in [1.165, 1.54) is 0 Å². The predicted molar refractivity (Wildman–Crippen MR) is 120 cm³/mol. The molecule has 0 spiro atoms. The van der Waals surface area contributed by atoms with Crippen LogP contribution in [0.5, 0.6) is 0 Å². The molecule has 0 amide bonds. The van der Waals surface area contributed by atoms with E-state index in [1.54, 1.807) is 18.5 Å². The summed E-state index contributed by atoms with van der Waals surface area (Å²) < 4.78 is 32.8. The summed E-state index contributed by atoms with van der Waals surface area (Å²) in [6.45, 7) is 3.79. The quantitative estimate of drug-likeness (QED) is 0.449. The number of aromatic amines is 1. The van der Waals surface area contributed by atoms with E-state index in [1.807, 2.05) is 13.0 Å². The van der Waals surface area contributed by atoms with E-state index in [0.29, 0.717) is 66.0 Å². The summed E-state index contributed by atoms with van der Waals surface area (Å²) in [6.07, 6.45) is 4.59. The van der Waals surface area contributed by atoms with Gasteiger partial charge in [-0.2, -0.15) is 5.10 Å². The third-order valence-electron chi connectivity index (χ3n) is 5.94. The molecule has 5 heterocycles. The van der Waals surface area contributed by atoms with Crippen LogP contribution in [0, 0.1) is 0 Å². The minimum atomic E-state index is -3.62. The highest BCUT2D eigenvalue weighted by atomic mass is 35.5. The lowest BCUT2D eigenvalue weighted by molar-refractivity contribution is 0.0987. The van der Waals surface area contributed by atoms with Gasteiger partial charge in [0, 0.05) is 23.7 Å². The first-order chi connectivity index (χ1) is 15.4. The normalized spacial score (nSPS) is 19.8. The Morgan fingerprint density at radius 2 is 2.06 bits per heavy atom. The van der Waals surface area contributed by atoms with Crippen LogP contribution in [0.15, 0.2) is 24.5 Å². The van der Waals surface area contributed by atoms with Crippen LogP contribution >= 0.6 is 11.6 Å². The molecular weight excluding hydrogens is 454 g/mol. The van der Waals surface area contributed by atoms with Crippen molar-refractivity contribution in [1.82, 2.24) is 29.1 Å². The third-order valence-corrected chi connectivity index (χ3v) is 8.20. The van der Waals surface area contributed by atoms with Gasteiger partial charge < -0.3 is 14.6 Å². The van der Waals surface area contributed by atoms with E-state index in [-0.39, 0.29) is 11.7 Å². The summed E-state index contributed by atoms with van der Waals surface area (Å²) in [5.41, 5.74) is 1.55. The van der Waals surface area contributed by atoms with Gasteiger partial charge in [-0.05, 0) is 31.9 Å². The lowest BCUT2D eigenvalue weighted by atomic mass is 10.1. The fourth-order valence-electron chi connectivity index (χ4n) is 4.14. The van der Waals surface area contributed by atoms with Crippen LogP contribution in [0.1, 0.15) is 19.8 Å². The number of morpholine rings is 1. The molecule has 1 aliphatic heterocycles. The Hall–Kier alpha value is -2.76. The molecule has 6 rings (SSSR count). The smallest absolute Gasteiger partial charge is 0.258 e. The molecule has 4 aromatic heterocycles. The highest BCUT2D eigenvalue weighted by Crippen LogP contribution is 2.36. The molecule has 12 heteroatoms. The second-order valence-electron chi connectivity index (χ2n) is 8.19. The van der Waals surface area contributed by atoms with Gasteiger partial charge in [-0.3, -0.25) is 0 Å². The Bertz CT molecular complexity index is 1460. The van der Waals surface area contributed by atoms with Crippen molar-refractivity contribution >= 4 is 49.5 Å². The van der Waals surface area contributed by atoms with E-state index in [9.17, 15) is 8.42 Å². The van der Waals surface area contributed by atoms with E-state index in [2.05, 4.69) is 25.0 Å². The van der Waals surface area contributed by atoms with Gasteiger partial charge in [0.15, 0.2) is 11.5 Å². The first-order valence-electron chi connectivity index (χ1n) is 10.4. The fraction of sp³-hybridized carbons (Fsp3) is 0.400. The molecule has 0 unspecified atom stereocenters. The van der Waals surface area contributed by atoms with E-state index in [4.69, 9.17) is 21.3 Å². The fourth-order valence-corrected chi connectivity index (χ4v) is 5.90. The number of fused-ring (bicyclic) bond motifs is 2. The van der Waals surface area contributed by atoms with Crippen molar-refractivity contribution in [2.75, 3.05) is 24.7 Å². The number of nitrogens with one attached hydrogen (secondary N) is 1. The molecular formula is C20H20ClN7O3S. The SMILES string of the molecule is C[C@@H]1COCCN1c1nc(-c2cc(Cl)nc3[nH]ccc23)nc2c1cnn2S(=O)(=O)C1CC1. The molecule has 1 atom stereocenters. The van der Waals surface area contributed by atoms with Crippen molar-refractivity contribution in [2.45, 2.75) is 31.1 Å². The topological polar surface area (TPSA) is 119 Å². The number of rotatable bonds is 4. The average Bonchev–Trinajstić information content (AvgIpc) is 3.39. The zero-order chi connectivity index (χ0) is 22.0. The first-order valence-corrected chi connectivity index (χ1v) is 12.3. The van der Waals surface area contributed by atoms with Gasteiger partial charge in [-0.15, -0.1) is 4.09 Å². The number of H-pyrrole nitrogens is 1. The molecule has 1 N–H and O–H groups in total. The maximum absolute atomic E-state index is 13.1. The van der Waals surface area contributed by atoms with Crippen LogP contribution in [0.2, 0.25) is 5.15 Å². The number of nitrogens with zero attached hydrogens (tertiary/aromatic N) is 6. The van der Waals surface area contributed by atoms with Crippen molar-refractivity contribution in [3.63, 3.8) is 0 Å². The highest BCUT2D eigenvalue weighted by Gasteiger charge is 2.39. The molecule has 166 valence electrons. The maximum Gasteiger partial charge on any atom is 0.258 e. The van der Waals surface area contributed by atoms with Gasteiger partial charge in [0.25, 0.3) is 10.0 Å². The van der Waals surface area contributed by atoms with Gasteiger partial charge in [0.05, 0.1) is 36.1 Å². The van der Waals surface area contributed by atoms with Crippen LogP contribution in [-0.2, 0) is 14.8 Å². The zero-order valence-corrected chi connectivity index (χ0v) is 18.8. The molecule has 0 radical (unpaired) electrons. The van der Waals surface area contributed by atoms with Gasteiger partial charge >= 0.3 is 0 Å². The average molecular weight is 474 g/mol. The van der Waals surface area contributed by atoms with Crippen molar-refractivity contribution in [2.24, 2.45) is 0 Å². The molecule has 10 nitrogen and oxygen atoms in total. The summed E-state index contributed by atoms with van der Waals surface area (Å²) in [5, 5.41) is 5.50. The highest BCUT2D eigenvalue weighted by molar-refractivity contribution is 7.90. The van der Waals surface area contributed by atoms with Gasteiger partial charge in [0.2, 0.25) is 0 Å². The minimum Gasteiger partial charge on any atom is -0.377 e. The number of anilines is 1. The van der Waals surface area contributed by atoms with Gasteiger partial charge in [-0.1, -0.05) is 11.6 Å². The number of pyridine rings is 1. The van der Waals surface area contributed by atoms with E-state index >= 15 is 0 Å². The molecule has 2 fully saturated rings. The number of halogens is 1. The number of aromatic nitrogens is 6. The summed E-state index contributed by atoms with van der Waals surface area (Å²) in [7, 11) is -3.62. The Morgan fingerprint density at radius 1 is 1.22 bits per heavy atom. The van der Waals surface area contributed by atoms with Crippen molar-refractivity contribution in [1.29, 1.82) is 0 Å². The summed E-state index contributed by atoms with van der Waals surface area (Å²) >= 11 is 6.27. The van der Waals surface area contributed by atoms with Crippen LogP contribution in [0.4, 0.5) is 5.82 Å². The lowest BCUT2D eigenvalue weighted by Crippen LogP contribution is -2.44. The Morgan fingerprint density at radius 3 is 2.84 bits per heavy atom. The van der Waals surface area contributed by atoms with E-state index < -0.39 is 15.3 Å². The number of ether oxygens (including phenoxy) is 1. The second kappa shape index (κ2) is 7.12. The molecule has 1 saturated heterocycles. The number of hydrogen-bond donors (Lipinski definition) is 1. The lowest BCUT2D eigenvalue weighted by Gasteiger charge is -2.34. The maximum atomic E-state index is 13.1. The zero-order valence-electron chi connectivity index (χ0n) is 17.2. The summed E-state index contributed by atoms with van der Waals surface area (Å²) in [5.74, 6) is 1.00. The first kappa shape index (κ1) is 19.9. The molecule has 32 heavy (non-hydrogen) atoms. The van der Waals surface area contributed by atoms with Crippen LogP contribution < -0.4 is 4.90 Å². The van der Waals surface area contributed by atoms with Gasteiger partial charge in [-0.25, -0.2) is 23.4 Å². The Labute approximate surface area is 188 Å². The molecule has 0 aromatic carbocycles. The molecule has 1 saturated carbocycles.